The fraction of sp³-hybridized carbons (Fsp3) is 0.143. The Morgan fingerprint density at radius 1 is 1.40 bits per heavy atom. The minimum Gasteiger partial charge on any atom is -0.545 e. The van der Waals surface area contributed by atoms with Crippen molar-refractivity contribution in [2.24, 2.45) is 0 Å². The molecule has 82 valence electrons. The molecule has 1 rings (SSSR count). The monoisotopic (exact) mass is 238 g/mol. The van der Waals surface area contributed by atoms with Gasteiger partial charge in [-0.05, 0) is 11.4 Å². The van der Waals surface area contributed by atoms with Crippen molar-refractivity contribution in [1.29, 1.82) is 0 Å². The third kappa shape index (κ3) is 2.69. The van der Waals surface area contributed by atoms with Gasteiger partial charge in [-0.15, -0.1) is 11.3 Å². The molecule has 1 amide bonds. The lowest BCUT2D eigenvalue weighted by molar-refractivity contribution is -0.254. The molecule has 1 heterocycles. The fourth-order valence-corrected chi connectivity index (χ4v) is 1.51. The molecule has 0 saturated carbocycles. The van der Waals surface area contributed by atoms with Gasteiger partial charge in [-0.25, -0.2) is 0 Å². The molecule has 0 atom stereocenters. The molecular weight excluding hydrogens is 235 g/mol. The Morgan fingerprint density at radius 3 is 2.47 bits per heavy atom. The van der Waals surface area contributed by atoms with Crippen LogP contribution in [0, 0.1) is 0 Å². The van der Waals surface area contributed by atoms with E-state index in [1.54, 1.807) is 0 Å². The van der Waals surface area contributed by atoms with Gasteiger partial charge in [0.25, 0.3) is 0 Å². The fourth-order valence-electron chi connectivity index (χ4n) is 0.741. The van der Waals surface area contributed by atoms with Crippen molar-refractivity contribution in [3.05, 3.63) is 17.0 Å². The second-order valence-corrected chi connectivity index (χ2v) is 3.32. The van der Waals surface area contributed by atoms with Crippen LogP contribution >= 0.6 is 11.3 Å². The van der Waals surface area contributed by atoms with Gasteiger partial charge in [0.15, 0.2) is 0 Å². The van der Waals surface area contributed by atoms with Crippen molar-refractivity contribution in [2.45, 2.75) is 6.18 Å². The van der Waals surface area contributed by atoms with E-state index in [1.807, 2.05) is 0 Å². The molecule has 1 N–H and O–H groups in total. The van der Waals surface area contributed by atoms with Gasteiger partial charge < -0.3 is 15.2 Å². The van der Waals surface area contributed by atoms with E-state index in [1.165, 1.54) is 10.7 Å². The minimum atomic E-state index is -5.05. The van der Waals surface area contributed by atoms with Gasteiger partial charge in [0.05, 0.1) is 5.97 Å². The van der Waals surface area contributed by atoms with Gasteiger partial charge in [0.1, 0.15) is 5.00 Å². The van der Waals surface area contributed by atoms with Crippen LogP contribution in [-0.4, -0.2) is 18.1 Å². The van der Waals surface area contributed by atoms with Crippen molar-refractivity contribution in [3.8, 4) is 0 Å². The SMILES string of the molecule is O=C([O-])c1ccsc1NC(=O)C(F)(F)F. The van der Waals surface area contributed by atoms with Gasteiger partial charge in [-0.1, -0.05) is 0 Å². The number of amides is 1. The number of carboxylic acid groups (broad SMARTS) is 1. The van der Waals surface area contributed by atoms with E-state index < -0.39 is 28.6 Å². The van der Waals surface area contributed by atoms with Crippen LogP contribution in [0.5, 0.6) is 0 Å². The number of carbonyl (C=O) groups is 2. The predicted molar refractivity (Wildman–Crippen MR) is 43.3 cm³/mol. The van der Waals surface area contributed by atoms with E-state index in [4.69, 9.17) is 0 Å². The van der Waals surface area contributed by atoms with Crippen LogP contribution in [0.25, 0.3) is 0 Å². The first-order valence-corrected chi connectivity index (χ1v) is 4.37. The van der Waals surface area contributed by atoms with Crippen LogP contribution in [0.2, 0.25) is 0 Å². The molecule has 1 aromatic heterocycles. The number of nitrogens with one attached hydrogen (secondary N) is 1. The maximum absolute atomic E-state index is 11.8. The topological polar surface area (TPSA) is 69.2 Å². The lowest BCUT2D eigenvalue weighted by Gasteiger charge is -2.08. The van der Waals surface area contributed by atoms with Crippen molar-refractivity contribution in [1.82, 2.24) is 0 Å². The largest absolute Gasteiger partial charge is 0.545 e. The number of carboxylic acids is 1. The van der Waals surface area contributed by atoms with Gasteiger partial charge in [-0.3, -0.25) is 4.79 Å². The molecule has 0 aromatic carbocycles. The van der Waals surface area contributed by atoms with Gasteiger partial charge in [-0.2, -0.15) is 13.2 Å². The summed E-state index contributed by atoms with van der Waals surface area (Å²) in [4.78, 5) is 20.8. The first kappa shape index (κ1) is 11.5. The molecule has 0 saturated heterocycles. The number of hydrogen-bond donors (Lipinski definition) is 1. The van der Waals surface area contributed by atoms with Crippen molar-refractivity contribution >= 4 is 28.2 Å². The smallest absolute Gasteiger partial charge is 0.471 e. The number of rotatable bonds is 2. The van der Waals surface area contributed by atoms with Gasteiger partial charge >= 0.3 is 12.1 Å². The second-order valence-electron chi connectivity index (χ2n) is 2.40. The first-order valence-electron chi connectivity index (χ1n) is 3.49. The summed E-state index contributed by atoms with van der Waals surface area (Å²) in [6.07, 6.45) is -5.05. The Kier molecular flexibility index (Phi) is 2.98. The molecule has 0 radical (unpaired) electrons. The summed E-state index contributed by atoms with van der Waals surface area (Å²) in [6.45, 7) is 0. The minimum absolute atomic E-state index is 0.391. The molecule has 4 nitrogen and oxygen atoms in total. The molecule has 8 heteroatoms. The van der Waals surface area contributed by atoms with E-state index in [-0.39, 0.29) is 0 Å². The van der Waals surface area contributed by atoms with E-state index in [9.17, 15) is 27.9 Å². The summed E-state index contributed by atoms with van der Waals surface area (Å²) in [7, 11) is 0. The molecular formula is C7H3F3NO3S-. The quantitative estimate of drug-likeness (QED) is 0.820. The number of thiophene rings is 1. The van der Waals surface area contributed by atoms with Gasteiger partial charge in [0, 0.05) is 5.56 Å². The standard InChI is InChI=1S/C7H4F3NO3S/c8-7(9,10)6(14)11-4-3(5(12)13)1-2-15-4/h1-2H,(H,11,14)(H,12,13)/p-1. The molecule has 0 unspecified atom stereocenters. The van der Waals surface area contributed by atoms with Crippen molar-refractivity contribution in [2.75, 3.05) is 5.32 Å². The van der Waals surface area contributed by atoms with E-state index >= 15 is 0 Å². The Hall–Kier alpha value is -1.57. The second kappa shape index (κ2) is 3.89. The Labute approximate surface area is 85.3 Å². The highest BCUT2D eigenvalue weighted by molar-refractivity contribution is 7.14. The normalized spacial score (nSPS) is 11.1. The molecule has 1 aromatic rings. The zero-order chi connectivity index (χ0) is 11.6. The average Bonchev–Trinajstić information content (AvgIpc) is 2.50. The van der Waals surface area contributed by atoms with E-state index in [2.05, 4.69) is 0 Å². The zero-order valence-corrected chi connectivity index (χ0v) is 7.74. The lowest BCUT2D eigenvalue weighted by Crippen LogP contribution is -2.31. The number of hydrogen-bond acceptors (Lipinski definition) is 4. The summed E-state index contributed by atoms with van der Waals surface area (Å²) in [5.74, 6) is -3.86. The highest BCUT2D eigenvalue weighted by Gasteiger charge is 2.39. The van der Waals surface area contributed by atoms with Crippen LogP contribution in [0.4, 0.5) is 18.2 Å². The van der Waals surface area contributed by atoms with Crippen LogP contribution in [0.1, 0.15) is 10.4 Å². The maximum Gasteiger partial charge on any atom is 0.471 e. The van der Waals surface area contributed by atoms with Gasteiger partial charge in [0.2, 0.25) is 0 Å². The van der Waals surface area contributed by atoms with E-state index in [0.717, 1.165) is 6.07 Å². The Balaban J connectivity index is 2.86. The molecule has 0 aliphatic carbocycles. The number of halogens is 3. The molecule has 0 spiro atoms. The van der Waals surface area contributed by atoms with Crippen LogP contribution in [0.15, 0.2) is 11.4 Å². The molecule has 0 aliphatic rings. The summed E-state index contributed by atoms with van der Waals surface area (Å²) in [5.41, 5.74) is -0.474. The van der Waals surface area contributed by atoms with Crippen molar-refractivity contribution in [3.63, 3.8) is 0 Å². The predicted octanol–water partition coefficient (Wildman–Crippen LogP) is 0.612. The van der Waals surface area contributed by atoms with E-state index in [0.29, 0.717) is 11.3 Å². The maximum atomic E-state index is 11.8. The van der Waals surface area contributed by atoms with Crippen molar-refractivity contribution < 1.29 is 27.9 Å². The molecule has 0 bridgehead atoms. The third-order valence-corrected chi connectivity index (χ3v) is 2.20. The average molecular weight is 238 g/mol. The summed E-state index contributed by atoms with van der Waals surface area (Å²) < 4.78 is 35.4. The molecule has 0 fully saturated rings. The van der Waals surface area contributed by atoms with Crippen LogP contribution < -0.4 is 10.4 Å². The number of anilines is 1. The Morgan fingerprint density at radius 2 is 2.00 bits per heavy atom. The molecule has 0 aliphatic heterocycles. The highest BCUT2D eigenvalue weighted by Crippen LogP contribution is 2.25. The number of aromatic carboxylic acids is 1. The summed E-state index contributed by atoms with van der Waals surface area (Å²) in [6, 6.07) is 1.05. The lowest BCUT2D eigenvalue weighted by atomic mass is 10.3. The van der Waals surface area contributed by atoms with Crippen LogP contribution in [-0.2, 0) is 4.79 Å². The van der Waals surface area contributed by atoms with Crippen LogP contribution in [0.3, 0.4) is 0 Å². The summed E-state index contributed by atoms with van der Waals surface area (Å²) in [5, 5.41) is 12.7. The molecule has 15 heavy (non-hydrogen) atoms. The third-order valence-electron chi connectivity index (χ3n) is 1.37. The zero-order valence-electron chi connectivity index (χ0n) is 6.92. The number of carbonyl (C=O) groups excluding carboxylic acids is 2. The first-order chi connectivity index (χ1) is 6.82. The Bertz CT molecular complexity index is 398. The highest BCUT2D eigenvalue weighted by atomic mass is 32.1. The number of alkyl halides is 3. The summed E-state index contributed by atoms with van der Waals surface area (Å²) >= 11 is 0.670.